The van der Waals surface area contributed by atoms with E-state index in [4.69, 9.17) is 9.73 Å². The van der Waals surface area contributed by atoms with Crippen molar-refractivity contribution in [3.05, 3.63) is 63.0 Å². The van der Waals surface area contributed by atoms with Gasteiger partial charge in [-0.05, 0) is 103 Å². The second-order valence-electron chi connectivity index (χ2n) is 13.2. The zero-order valence-corrected chi connectivity index (χ0v) is 25.7. The first-order chi connectivity index (χ1) is 18.9. The van der Waals surface area contributed by atoms with Gasteiger partial charge in [-0.3, -0.25) is 9.56 Å². The molecule has 40 heavy (non-hydrogen) atoms. The lowest BCUT2D eigenvalue weighted by atomic mass is 9.56. The number of hydrogen-bond acceptors (Lipinski definition) is 6. The third kappa shape index (κ3) is 4.89. The number of benzene rings is 1. The number of hydrogen-bond donors (Lipinski definition) is 0. The van der Waals surface area contributed by atoms with E-state index < -0.39 is 5.60 Å². The maximum Gasteiger partial charge on any atom is 0.410 e. The molecule has 1 amide bonds. The van der Waals surface area contributed by atoms with Gasteiger partial charge < -0.3 is 9.64 Å². The van der Waals surface area contributed by atoms with Crippen molar-refractivity contribution in [1.82, 2.24) is 19.7 Å². The molecule has 212 valence electrons. The number of aliphatic imine (C=N–C) groups is 1. The van der Waals surface area contributed by atoms with E-state index in [-0.39, 0.29) is 12.1 Å². The van der Waals surface area contributed by atoms with Crippen molar-refractivity contribution in [3.8, 4) is 5.00 Å². The van der Waals surface area contributed by atoms with Crippen LogP contribution in [0.15, 0.2) is 29.3 Å². The fourth-order valence-electron chi connectivity index (χ4n) is 6.82. The zero-order chi connectivity index (χ0) is 28.4. The van der Waals surface area contributed by atoms with Gasteiger partial charge in [0.2, 0.25) is 0 Å². The lowest BCUT2D eigenvalue weighted by molar-refractivity contribution is -0.0269. The van der Waals surface area contributed by atoms with E-state index in [1.165, 1.54) is 39.4 Å². The van der Waals surface area contributed by atoms with Gasteiger partial charge in [-0.25, -0.2) is 4.79 Å². The fraction of sp³-hybridized carbons (Fsp3) is 0.562. The van der Waals surface area contributed by atoms with Crippen molar-refractivity contribution in [2.75, 3.05) is 13.1 Å². The number of piperidine rings is 1. The Morgan fingerprint density at radius 1 is 1.07 bits per heavy atom. The molecule has 3 aliphatic rings. The molecule has 1 saturated carbocycles. The fourth-order valence-corrected chi connectivity index (χ4v) is 8.03. The number of carbonyl (C=O) groups excluding carboxylic acids is 1. The molecule has 3 aromatic rings. The van der Waals surface area contributed by atoms with E-state index in [1.54, 1.807) is 11.3 Å². The highest BCUT2D eigenvalue weighted by Crippen LogP contribution is 2.53. The molecule has 2 fully saturated rings. The lowest BCUT2D eigenvalue weighted by Gasteiger charge is -2.52. The first kappa shape index (κ1) is 27.2. The topological polar surface area (TPSA) is 72.6 Å². The molecule has 0 unspecified atom stereocenters. The molecule has 0 N–H and O–H groups in total. The number of nitrogens with zero attached hydrogens (tertiary/aromatic N) is 5. The van der Waals surface area contributed by atoms with Crippen molar-refractivity contribution in [2.45, 2.75) is 92.2 Å². The minimum atomic E-state index is -0.437. The smallest absolute Gasteiger partial charge is 0.410 e. The number of likely N-dealkylation sites (tertiary alicyclic amines) is 1. The Balaban J connectivity index is 1.12. The minimum Gasteiger partial charge on any atom is -0.444 e. The van der Waals surface area contributed by atoms with Crippen LogP contribution in [0, 0.1) is 32.1 Å². The molecule has 1 spiro atoms. The third-order valence-corrected chi connectivity index (χ3v) is 10.2. The minimum absolute atomic E-state index is 0.0666. The maximum absolute atomic E-state index is 12.5. The van der Waals surface area contributed by atoms with E-state index in [0.717, 1.165) is 61.2 Å². The molecule has 1 atom stereocenters. The van der Waals surface area contributed by atoms with E-state index in [2.05, 4.69) is 59.8 Å². The van der Waals surface area contributed by atoms with Gasteiger partial charge in [-0.1, -0.05) is 24.3 Å². The van der Waals surface area contributed by atoms with Crippen molar-refractivity contribution in [3.63, 3.8) is 0 Å². The standard InChI is InChI=1S/C32H41N5O2S/c1-19-21(3)40-29-26(19)27(33-20(2)28-35-34-22(4)37(28)29)25-10-8-23(9-11-25)16-24-17-32(18-24)12-14-36(15-13-32)30(38)39-31(5,6)7/h8-11,20,24H,12-18H2,1-7H3/t20-/m0/s1. The lowest BCUT2D eigenvalue weighted by Crippen LogP contribution is -2.50. The Kier molecular flexibility index (Phi) is 6.68. The van der Waals surface area contributed by atoms with Crippen LogP contribution in [-0.2, 0) is 11.2 Å². The predicted molar refractivity (Wildman–Crippen MR) is 160 cm³/mol. The average Bonchev–Trinajstić information content (AvgIpc) is 3.36. The molecular formula is C32H41N5O2S. The molecular weight excluding hydrogens is 518 g/mol. The van der Waals surface area contributed by atoms with Gasteiger partial charge in [0.1, 0.15) is 22.5 Å². The summed E-state index contributed by atoms with van der Waals surface area (Å²) in [6.07, 6.45) is 5.65. The number of fused-ring (bicyclic) bond motifs is 3. The number of amides is 1. The Hall–Kier alpha value is -3.00. The molecule has 1 aliphatic carbocycles. The average molecular weight is 560 g/mol. The Morgan fingerprint density at radius 3 is 2.40 bits per heavy atom. The van der Waals surface area contributed by atoms with Crippen molar-refractivity contribution >= 4 is 23.1 Å². The summed E-state index contributed by atoms with van der Waals surface area (Å²) in [6, 6.07) is 9.03. The van der Waals surface area contributed by atoms with Gasteiger partial charge in [0.05, 0.1) is 5.71 Å². The number of ether oxygens (including phenoxy) is 1. The third-order valence-electron chi connectivity index (χ3n) is 9.02. The van der Waals surface area contributed by atoms with Crippen LogP contribution in [0.3, 0.4) is 0 Å². The summed E-state index contributed by atoms with van der Waals surface area (Å²) in [5, 5.41) is 10.0. The van der Waals surface area contributed by atoms with E-state index in [1.807, 2.05) is 32.6 Å². The molecule has 2 aliphatic heterocycles. The monoisotopic (exact) mass is 559 g/mol. The molecule has 7 nitrogen and oxygen atoms in total. The van der Waals surface area contributed by atoms with Gasteiger partial charge in [-0.15, -0.1) is 21.5 Å². The van der Waals surface area contributed by atoms with Crippen LogP contribution in [0.25, 0.3) is 5.00 Å². The predicted octanol–water partition coefficient (Wildman–Crippen LogP) is 7.14. The van der Waals surface area contributed by atoms with Gasteiger partial charge in [0, 0.05) is 29.1 Å². The Bertz CT molecular complexity index is 1460. The first-order valence-electron chi connectivity index (χ1n) is 14.6. The van der Waals surface area contributed by atoms with Crippen LogP contribution < -0.4 is 0 Å². The summed E-state index contributed by atoms with van der Waals surface area (Å²) in [6.45, 7) is 15.9. The summed E-state index contributed by atoms with van der Waals surface area (Å²) in [7, 11) is 0. The van der Waals surface area contributed by atoms with Gasteiger partial charge in [0.25, 0.3) is 0 Å². The Labute approximate surface area is 241 Å². The molecule has 1 saturated heterocycles. The van der Waals surface area contributed by atoms with Crippen LogP contribution in [0.5, 0.6) is 0 Å². The van der Waals surface area contributed by atoms with Gasteiger partial charge >= 0.3 is 6.09 Å². The summed E-state index contributed by atoms with van der Waals surface area (Å²) in [4.78, 5) is 20.8. The highest BCUT2D eigenvalue weighted by Gasteiger charge is 2.46. The van der Waals surface area contributed by atoms with E-state index >= 15 is 0 Å². The van der Waals surface area contributed by atoms with E-state index in [9.17, 15) is 4.79 Å². The molecule has 1 aromatic carbocycles. The quantitative estimate of drug-likeness (QED) is 0.342. The summed E-state index contributed by atoms with van der Waals surface area (Å²) in [5.41, 5.74) is 6.08. The van der Waals surface area contributed by atoms with Crippen LogP contribution in [-0.4, -0.2) is 50.2 Å². The number of aromatic nitrogens is 3. The largest absolute Gasteiger partial charge is 0.444 e. The SMILES string of the molecule is Cc1sc2c(c1C)C(c1ccc(CC3CC4(CCN(C(=O)OC(C)(C)C)CC4)C3)cc1)=N[C@@H](C)c1nnc(C)n1-2. The second-order valence-corrected chi connectivity index (χ2v) is 14.4. The molecule has 0 radical (unpaired) electrons. The molecule has 2 aromatic heterocycles. The van der Waals surface area contributed by atoms with Crippen LogP contribution in [0.1, 0.15) is 98.2 Å². The molecule has 0 bridgehead atoms. The first-order valence-corrected chi connectivity index (χ1v) is 15.4. The highest BCUT2D eigenvalue weighted by molar-refractivity contribution is 7.15. The van der Waals surface area contributed by atoms with Gasteiger partial charge in [0.15, 0.2) is 5.82 Å². The van der Waals surface area contributed by atoms with Crippen molar-refractivity contribution in [2.24, 2.45) is 16.3 Å². The Morgan fingerprint density at radius 2 is 1.75 bits per heavy atom. The highest BCUT2D eigenvalue weighted by atomic mass is 32.1. The number of aryl methyl sites for hydroxylation is 2. The van der Waals surface area contributed by atoms with Crippen LogP contribution >= 0.6 is 11.3 Å². The molecule has 4 heterocycles. The molecule has 8 heteroatoms. The van der Waals surface area contributed by atoms with Crippen LogP contribution in [0.2, 0.25) is 0 Å². The zero-order valence-electron chi connectivity index (χ0n) is 24.9. The summed E-state index contributed by atoms with van der Waals surface area (Å²) < 4.78 is 7.77. The number of thiophene rings is 1. The number of carbonyl (C=O) groups is 1. The van der Waals surface area contributed by atoms with Crippen molar-refractivity contribution < 1.29 is 9.53 Å². The molecule has 6 rings (SSSR count). The maximum atomic E-state index is 12.5. The van der Waals surface area contributed by atoms with Crippen molar-refractivity contribution in [1.29, 1.82) is 0 Å². The van der Waals surface area contributed by atoms with Crippen LogP contribution in [0.4, 0.5) is 4.79 Å². The van der Waals surface area contributed by atoms with Gasteiger partial charge in [-0.2, -0.15) is 0 Å². The normalized spacial score (nSPS) is 20.4. The summed E-state index contributed by atoms with van der Waals surface area (Å²) in [5.74, 6) is 2.53. The van der Waals surface area contributed by atoms with E-state index in [0.29, 0.717) is 5.41 Å². The number of rotatable bonds is 3. The summed E-state index contributed by atoms with van der Waals surface area (Å²) >= 11 is 1.80. The second kappa shape index (κ2) is 9.82.